The Balaban J connectivity index is 1.58. The molecule has 0 heterocycles. The van der Waals surface area contributed by atoms with Gasteiger partial charge in [-0.15, -0.1) is 0 Å². The molecule has 0 aliphatic heterocycles. The molecule has 0 bridgehead atoms. The quantitative estimate of drug-likeness (QED) is 0.200. The average Bonchev–Trinajstić information content (AvgIpc) is 3.41. The molecule has 2 nitrogen and oxygen atoms in total. The van der Waals surface area contributed by atoms with Crippen molar-refractivity contribution < 1.29 is 0 Å². The zero-order chi connectivity index (χ0) is 29.4. The van der Waals surface area contributed by atoms with Gasteiger partial charge in [0, 0.05) is 0 Å². The van der Waals surface area contributed by atoms with Crippen molar-refractivity contribution in [3.8, 4) is 56.6 Å². The van der Waals surface area contributed by atoms with E-state index in [4.69, 9.17) is 0 Å². The molecule has 0 radical (unpaired) electrons. The third-order valence-corrected chi connectivity index (χ3v) is 9.22. The van der Waals surface area contributed by atoms with Gasteiger partial charge in [-0.2, -0.15) is 10.5 Å². The Bertz CT molecular complexity index is 2600. The first-order valence-electron chi connectivity index (χ1n) is 14.7. The van der Waals surface area contributed by atoms with Crippen LogP contribution < -0.4 is 0 Å². The van der Waals surface area contributed by atoms with Crippen molar-refractivity contribution in [3.05, 3.63) is 145 Å². The van der Waals surface area contributed by atoms with Gasteiger partial charge in [0.25, 0.3) is 0 Å². The molecule has 0 fully saturated rings. The second kappa shape index (κ2) is 9.14. The Hall–Kier alpha value is -6.22. The minimum atomic E-state index is 0.391. The van der Waals surface area contributed by atoms with Gasteiger partial charge < -0.3 is 0 Å². The minimum Gasteiger partial charge on any atom is -0.192 e. The van der Waals surface area contributed by atoms with Crippen LogP contribution in [0.1, 0.15) is 11.1 Å². The lowest BCUT2D eigenvalue weighted by atomic mass is 9.81. The highest BCUT2D eigenvalue weighted by Crippen LogP contribution is 2.59. The second-order valence-electron chi connectivity index (χ2n) is 11.4. The predicted octanol–water partition coefficient (Wildman–Crippen LogP) is 11.0. The molecular weight excluding hydrogens is 532 g/mol. The first-order chi connectivity index (χ1) is 21.8. The van der Waals surface area contributed by atoms with Crippen LogP contribution in [0.15, 0.2) is 133 Å². The van der Waals surface area contributed by atoms with Crippen molar-refractivity contribution in [3.63, 3.8) is 0 Å². The SMILES string of the molecule is N#Cc1cc2c(-c3ccccc3)c3c(c(-c4ccccc4)c2cc1C#N)-c1cc2ccc4ccccc4c2c2cccc-3c12. The van der Waals surface area contributed by atoms with Gasteiger partial charge in [-0.05, 0) is 106 Å². The van der Waals surface area contributed by atoms with E-state index in [-0.39, 0.29) is 0 Å². The molecule has 0 unspecified atom stereocenters. The number of hydrogen-bond donors (Lipinski definition) is 0. The molecule has 0 saturated carbocycles. The molecule has 0 N–H and O–H groups in total. The molecule has 0 saturated heterocycles. The van der Waals surface area contributed by atoms with E-state index in [9.17, 15) is 10.5 Å². The lowest BCUT2D eigenvalue weighted by Gasteiger charge is -2.21. The van der Waals surface area contributed by atoms with E-state index in [1.165, 1.54) is 54.6 Å². The maximum absolute atomic E-state index is 10.1. The summed E-state index contributed by atoms with van der Waals surface area (Å²) in [6.45, 7) is 0. The number of nitrogens with zero attached hydrogens (tertiary/aromatic N) is 2. The number of nitriles is 2. The van der Waals surface area contributed by atoms with Gasteiger partial charge in [-0.25, -0.2) is 0 Å². The number of hydrogen-bond acceptors (Lipinski definition) is 2. The van der Waals surface area contributed by atoms with Crippen LogP contribution in [0.25, 0.3) is 87.6 Å². The second-order valence-corrected chi connectivity index (χ2v) is 11.4. The van der Waals surface area contributed by atoms with Gasteiger partial charge in [0.05, 0.1) is 11.1 Å². The lowest BCUT2D eigenvalue weighted by Crippen LogP contribution is -1.96. The first kappa shape index (κ1) is 24.4. The van der Waals surface area contributed by atoms with Crippen LogP contribution in [0.2, 0.25) is 0 Å². The summed E-state index contributed by atoms with van der Waals surface area (Å²) in [5.41, 5.74) is 9.89. The molecule has 44 heavy (non-hydrogen) atoms. The highest BCUT2D eigenvalue weighted by Gasteiger charge is 2.32. The van der Waals surface area contributed by atoms with Crippen molar-refractivity contribution in [2.45, 2.75) is 0 Å². The average molecular weight is 555 g/mol. The van der Waals surface area contributed by atoms with Crippen LogP contribution in [0.4, 0.5) is 0 Å². The highest BCUT2D eigenvalue weighted by atomic mass is 14.3. The fourth-order valence-corrected chi connectivity index (χ4v) is 7.46. The predicted molar refractivity (Wildman–Crippen MR) is 181 cm³/mol. The maximum Gasteiger partial charge on any atom is 0.101 e. The third kappa shape index (κ3) is 3.23. The molecule has 0 amide bonds. The Kier molecular flexibility index (Phi) is 5.06. The van der Waals surface area contributed by atoms with E-state index in [1.54, 1.807) is 0 Å². The molecule has 2 heteroatoms. The molecule has 1 aliphatic carbocycles. The maximum atomic E-state index is 10.1. The topological polar surface area (TPSA) is 47.6 Å². The summed E-state index contributed by atoms with van der Waals surface area (Å²) in [7, 11) is 0. The van der Waals surface area contributed by atoms with Crippen LogP contribution in [0, 0.1) is 22.7 Å². The molecule has 0 spiro atoms. The Labute approximate surface area is 254 Å². The van der Waals surface area contributed by atoms with Crippen LogP contribution in [-0.2, 0) is 0 Å². The van der Waals surface area contributed by atoms with E-state index in [0.29, 0.717) is 11.1 Å². The van der Waals surface area contributed by atoms with Crippen LogP contribution in [-0.4, -0.2) is 0 Å². The third-order valence-electron chi connectivity index (χ3n) is 9.22. The standard InChI is InChI=1S/C42H22N2/c43-23-29-21-34-35(22-30(29)24-44)39(27-13-5-2-6-14-27)42-36-20-28-19-18-25-10-7-8-15-31(25)37(28)32-16-9-17-33(40(32)36)41(42)38(34)26-11-3-1-4-12-26/h1-22H. The molecular formula is C42H22N2. The van der Waals surface area contributed by atoms with E-state index in [1.807, 2.05) is 24.3 Å². The molecule has 8 aromatic rings. The van der Waals surface area contributed by atoms with Crippen molar-refractivity contribution in [1.82, 2.24) is 0 Å². The Morgan fingerprint density at radius 3 is 1.55 bits per heavy atom. The summed E-state index contributed by atoms with van der Waals surface area (Å²) in [4.78, 5) is 0. The summed E-state index contributed by atoms with van der Waals surface area (Å²) >= 11 is 0. The summed E-state index contributed by atoms with van der Waals surface area (Å²) < 4.78 is 0. The fourth-order valence-electron chi connectivity index (χ4n) is 7.46. The largest absolute Gasteiger partial charge is 0.192 e. The molecule has 0 atom stereocenters. The highest BCUT2D eigenvalue weighted by molar-refractivity contribution is 6.33. The molecule has 1 aliphatic rings. The van der Waals surface area contributed by atoms with Gasteiger partial charge in [0.15, 0.2) is 0 Å². The monoisotopic (exact) mass is 554 g/mol. The molecule has 0 aromatic heterocycles. The lowest BCUT2D eigenvalue weighted by molar-refractivity contribution is 1.44. The molecule has 8 aromatic carbocycles. The zero-order valence-corrected chi connectivity index (χ0v) is 23.6. The van der Waals surface area contributed by atoms with Gasteiger partial charge in [-0.3, -0.25) is 0 Å². The normalized spacial score (nSPS) is 11.6. The number of rotatable bonds is 2. The first-order valence-corrected chi connectivity index (χ1v) is 14.7. The molecule has 200 valence electrons. The fraction of sp³-hybridized carbons (Fsp3) is 0. The van der Waals surface area contributed by atoms with Crippen molar-refractivity contribution in [2.24, 2.45) is 0 Å². The van der Waals surface area contributed by atoms with Crippen LogP contribution >= 0.6 is 0 Å². The zero-order valence-electron chi connectivity index (χ0n) is 23.6. The Morgan fingerprint density at radius 2 is 0.909 bits per heavy atom. The van der Waals surface area contributed by atoms with Gasteiger partial charge in [-0.1, -0.05) is 115 Å². The van der Waals surface area contributed by atoms with Crippen LogP contribution in [0.3, 0.4) is 0 Å². The Morgan fingerprint density at radius 1 is 0.364 bits per heavy atom. The number of benzene rings is 8. The van der Waals surface area contributed by atoms with Gasteiger partial charge in [0.1, 0.15) is 12.1 Å². The van der Waals surface area contributed by atoms with Crippen molar-refractivity contribution in [2.75, 3.05) is 0 Å². The molecule has 9 rings (SSSR count). The van der Waals surface area contributed by atoms with E-state index >= 15 is 0 Å². The van der Waals surface area contributed by atoms with Gasteiger partial charge in [0.2, 0.25) is 0 Å². The summed E-state index contributed by atoms with van der Waals surface area (Å²) in [5, 5.41) is 29.6. The smallest absolute Gasteiger partial charge is 0.101 e. The summed E-state index contributed by atoms with van der Waals surface area (Å²) in [6, 6.07) is 51.5. The minimum absolute atomic E-state index is 0.391. The summed E-state index contributed by atoms with van der Waals surface area (Å²) in [6.07, 6.45) is 0. The van der Waals surface area contributed by atoms with E-state index < -0.39 is 0 Å². The number of fused-ring (bicyclic) bond motifs is 8. The van der Waals surface area contributed by atoms with Crippen molar-refractivity contribution in [1.29, 1.82) is 10.5 Å². The van der Waals surface area contributed by atoms with Crippen LogP contribution in [0.5, 0.6) is 0 Å². The van der Waals surface area contributed by atoms with Crippen molar-refractivity contribution >= 4 is 43.1 Å². The van der Waals surface area contributed by atoms with E-state index in [0.717, 1.165) is 33.0 Å². The summed E-state index contributed by atoms with van der Waals surface area (Å²) in [5.74, 6) is 0. The van der Waals surface area contributed by atoms with E-state index in [2.05, 4.69) is 121 Å². The van der Waals surface area contributed by atoms with Gasteiger partial charge >= 0.3 is 0 Å².